The summed E-state index contributed by atoms with van der Waals surface area (Å²) in [5, 5.41) is 6.78. The molecule has 0 saturated heterocycles. The molecule has 30 heavy (non-hydrogen) atoms. The Labute approximate surface area is 175 Å². The monoisotopic (exact) mass is 409 g/mol. The summed E-state index contributed by atoms with van der Waals surface area (Å²) in [7, 11) is 1.62. The lowest BCUT2D eigenvalue weighted by Gasteiger charge is -2.13. The van der Waals surface area contributed by atoms with Crippen molar-refractivity contribution < 1.29 is 9.53 Å². The largest absolute Gasteiger partial charge is 0.383 e. The standard InChI is InChI=1S/C22H27N5O3/c1-14(2)13-24-21(29)16-5-7-17(8-6-16)27-19(28)10-9-18-15(3)25-22(26-20(18)27)23-11-12-30-4/h5-10,14H,11-13H2,1-4H3,(H,24,29)(H,23,25,26). The number of carbonyl (C=O) groups excluding carboxylic acids is 1. The van der Waals surface area contributed by atoms with Crippen molar-refractivity contribution in [1.29, 1.82) is 0 Å². The molecule has 2 N–H and O–H groups in total. The Morgan fingerprint density at radius 1 is 1.13 bits per heavy atom. The zero-order chi connectivity index (χ0) is 21.7. The molecule has 1 aromatic carbocycles. The quantitative estimate of drug-likeness (QED) is 0.555. The van der Waals surface area contributed by atoms with Gasteiger partial charge in [0.1, 0.15) is 0 Å². The van der Waals surface area contributed by atoms with Gasteiger partial charge >= 0.3 is 0 Å². The van der Waals surface area contributed by atoms with E-state index in [2.05, 4.69) is 20.6 Å². The number of nitrogens with one attached hydrogen (secondary N) is 2. The summed E-state index contributed by atoms with van der Waals surface area (Å²) in [6, 6.07) is 10.2. The molecule has 0 atom stereocenters. The van der Waals surface area contributed by atoms with Gasteiger partial charge in [-0.15, -0.1) is 0 Å². The summed E-state index contributed by atoms with van der Waals surface area (Å²) in [5.74, 6) is 0.668. The van der Waals surface area contributed by atoms with Crippen LogP contribution in [0.25, 0.3) is 16.7 Å². The molecule has 0 fully saturated rings. The maximum absolute atomic E-state index is 12.7. The van der Waals surface area contributed by atoms with Crippen LogP contribution in [0.4, 0.5) is 5.95 Å². The first-order valence-corrected chi connectivity index (χ1v) is 9.92. The smallest absolute Gasteiger partial charge is 0.256 e. The number of pyridine rings is 1. The van der Waals surface area contributed by atoms with Crippen molar-refractivity contribution in [3.05, 3.63) is 58.0 Å². The van der Waals surface area contributed by atoms with Gasteiger partial charge in [-0.1, -0.05) is 13.8 Å². The number of nitrogens with zero attached hydrogens (tertiary/aromatic N) is 3. The first kappa shape index (κ1) is 21.4. The molecule has 1 amide bonds. The molecule has 8 heteroatoms. The van der Waals surface area contributed by atoms with Crippen LogP contribution in [0, 0.1) is 12.8 Å². The van der Waals surface area contributed by atoms with Crippen LogP contribution in [-0.2, 0) is 4.74 Å². The third-order valence-corrected chi connectivity index (χ3v) is 4.59. The molecular weight excluding hydrogens is 382 g/mol. The van der Waals surface area contributed by atoms with Crippen molar-refractivity contribution in [2.24, 2.45) is 5.92 Å². The molecule has 0 aliphatic rings. The van der Waals surface area contributed by atoms with Gasteiger partial charge < -0.3 is 15.4 Å². The number of rotatable bonds is 8. The number of hydrogen-bond donors (Lipinski definition) is 2. The number of amides is 1. The molecule has 3 aromatic rings. The Kier molecular flexibility index (Phi) is 6.79. The highest BCUT2D eigenvalue weighted by Crippen LogP contribution is 2.19. The second-order valence-corrected chi connectivity index (χ2v) is 7.45. The Morgan fingerprint density at radius 2 is 1.87 bits per heavy atom. The Balaban J connectivity index is 1.99. The zero-order valence-electron chi connectivity index (χ0n) is 17.7. The molecule has 0 aliphatic carbocycles. The van der Waals surface area contributed by atoms with Gasteiger partial charge in [-0.2, -0.15) is 4.98 Å². The average Bonchev–Trinajstić information content (AvgIpc) is 2.72. The average molecular weight is 409 g/mol. The summed E-state index contributed by atoms with van der Waals surface area (Å²) >= 11 is 0. The van der Waals surface area contributed by atoms with E-state index in [1.165, 1.54) is 10.6 Å². The minimum Gasteiger partial charge on any atom is -0.383 e. The van der Waals surface area contributed by atoms with E-state index >= 15 is 0 Å². The van der Waals surface area contributed by atoms with Gasteiger partial charge in [0.2, 0.25) is 5.95 Å². The predicted molar refractivity (Wildman–Crippen MR) is 117 cm³/mol. The Hall–Kier alpha value is -3.26. The van der Waals surface area contributed by atoms with E-state index in [-0.39, 0.29) is 11.5 Å². The van der Waals surface area contributed by atoms with Crippen LogP contribution in [0.3, 0.4) is 0 Å². The fraction of sp³-hybridized carbons (Fsp3) is 0.364. The fourth-order valence-corrected chi connectivity index (χ4v) is 3.02. The van der Waals surface area contributed by atoms with Crippen LogP contribution >= 0.6 is 0 Å². The highest BCUT2D eigenvalue weighted by Gasteiger charge is 2.13. The summed E-state index contributed by atoms with van der Waals surface area (Å²) in [4.78, 5) is 34.0. The summed E-state index contributed by atoms with van der Waals surface area (Å²) in [5.41, 5.74) is 2.23. The van der Waals surface area contributed by atoms with Gasteiger partial charge in [0.05, 0.1) is 18.0 Å². The highest BCUT2D eigenvalue weighted by atomic mass is 16.5. The fourth-order valence-electron chi connectivity index (χ4n) is 3.02. The minimum atomic E-state index is -0.208. The third kappa shape index (κ3) is 4.83. The van der Waals surface area contributed by atoms with Crippen LogP contribution in [0.1, 0.15) is 29.9 Å². The van der Waals surface area contributed by atoms with Crippen molar-refractivity contribution in [3.63, 3.8) is 0 Å². The molecule has 0 unspecified atom stereocenters. The van der Waals surface area contributed by atoms with E-state index in [4.69, 9.17) is 4.74 Å². The molecule has 2 aromatic heterocycles. The molecule has 8 nitrogen and oxygen atoms in total. The number of ether oxygens (including phenoxy) is 1. The zero-order valence-corrected chi connectivity index (χ0v) is 17.7. The van der Waals surface area contributed by atoms with E-state index in [9.17, 15) is 9.59 Å². The first-order chi connectivity index (χ1) is 14.4. The lowest BCUT2D eigenvalue weighted by Crippen LogP contribution is -2.27. The molecule has 0 spiro atoms. The number of carbonyl (C=O) groups is 1. The lowest BCUT2D eigenvalue weighted by atomic mass is 10.1. The van der Waals surface area contributed by atoms with E-state index in [0.29, 0.717) is 48.5 Å². The second-order valence-electron chi connectivity index (χ2n) is 7.45. The second kappa shape index (κ2) is 9.49. The first-order valence-electron chi connectivity index (χ1n) is 9.92. The molecule has 3 rings (SSSR count). The molecule has 0 bridgehead atoms. The number of hydrogen-bond acceptors (Lipinski definition) is 6. The van der Waals surface area contributed by atoms with Gasteiger partial charge in [0.25, 0.3) is 11.5 Å². The van der Waals surface area contributed by atoms with Crippen molar-refractivity contribution in [2.45, 2.75) is 20.8 Å². The maximum atomic E-state index is 12.7. The van der Waals surface area contributed by atoms with Crippen molar-refractivity contribution in [3.8, 4) is 5.69 Å². The number of anilines is 1. The molecule has 0 saturated carbocycles. The molecular formula is C22H27N5O3. The highest BCUT2D eigenvalue weighted by molar-refractivity contribution is 5.94. The van der Waals surface area contributed by atoms with Crippen molar-refractivity contribution in [1.82, 2.24) is 19.9 Å². The van der Waals surface area contributed by atoms with Crippen LogP contribution < -0.4 is 16.2 Å². The van der Waals surface area contributed by atoms with Gasteiger partial charge in [-0.3, -0.25) is 14.2 Å². The Bertz CT molecular complexity index is 1090. The number of benzene rings is 1. The lowest BCUT2D eigenvalue weighted by molar-refractivity contribution is 0.0949. The minimum absolute atomic E-state index is 0.136. The molecule has 0 radical (unpaired) electrons. The van der Waals surface area contributed by atoms with E-state index in [0.717, 1.165) is 11.1 Å². The van der Waals surface area contributed by atoms with Crippen LogP contribution in [-0.4, -0.2) is 47.2 Å². The molecule has 2 heterocycles. The molecule has 158 valence electrons. The Morgan fingerprint density at radius 3 is 2.53 bits per heavy atom. The van der Waals surface area contributed by atoms with Crippen molar-refractivity contribution in [2.75, 3.05) is 32.1 Å². The summed E-state index contributed by atoms with van der Waals surface area (Å²) < 4.78 is 6.58. The maximum Gasteiger partial charge on any atom is 0.256 e. The van der Waals surface area contributed by atoms with Gasteiger partial charge in [-0.25, -0.2) is 4.98 Å². The topological polar surface area (TPSA) is 98.1 Å². The molecule has 0 aliphatic heterocycles. The third-order valence-electron chi connectivity index (χ3n) is 4.59. The summed E-state index contributed by atoms with van der Waals surface area (Å²) in [6.45, 7) is 7.64. The number of fused-ring (bicyclic) bond motifs is 1. The van der Waals surface area contributed by atoms with Crippen LogP contribution in [0.5, 0.6) is 0 Å². The van der Waals surface area contributed by atoms with Crippen LogP contribution in [0.15, 0.2) is 41.2 Å². The van der Waals surface area contributed by atoms with E-state index in [1.54, 1.807) is 37.4 Å². The summed E-state index contributed by atoms with van der Waals surface area (Å²) in [6.07, 6.45) is 0. The van der Waals surface area contributed by atoms with Gasteiger partial charge in [-0.05, 0) is 43.2 Å². The number of methoxy groups -OCH3 is 1. The van der Waals surface area contributed by atoms with Gasteiger partial charge in [0, 0.05) is 37.2 Å². The normalized spacial score (nSPS) is 11.1. The van der Waals surface area contributed by atoms with E-state index in [1.807, 2.05) is 20.8 Å². The number of aromatic nitrogens is 3. The predicted octanol–water partition coefficient (Wildman–Crippen LogP) is 2.53. The number of aryl methyl sites for hydroxylation is 1. The SMILES string of the molecule is COCCNc1nc(C)c2ccc(=O)n(-c3ccc(C(=O)NCC(C)C)cc3)c2n1. The van der Waals surface area contributed by atoms with Gasteiger partial charge in [0.15, 0.2) is 5.65 Å². The van der Waals surface area contributed by atoms with Crippen LogP contribution in [0.2, 0.25) is 0 Å². The van der Waals surface area contributed by atoms with Crippen molar-refractivity contribution >= 4 is 22.9 Å². The van der Waals surface area contributed by atoms with E-state index < -0.39 is 0 Å².